The summed E-state index contributed by atoms with van der Waals surface area (Å²) in [5, 5.41) is 3.10. The topological polar surface area (TPSA) is 65.1 Å². The molecule has 0 aromatic heterocycles. The third kappa shape index (κ3) is 7.25. The second-order valence-electron chi connectivity index (χ2n) is 11.4. The van der Waals surface area contributed by atoms with E-state index in [1.165, 1.54) is 5.56 Å². The minimum Gasteiger partial charge on any atom is -0.457 e. The summed E-state index contributed by atoms with van der Waals surface area (Å²) in [4.78, 5) is 33.3. The number of anilines is 1. The summed E-state index contributed by atoms with van der Waals surface area (Å²) in [6, 6.07) is 15.9. The van der Waals surface area contributed by atoms with Crippen LogP contribution in [0.1, 0.15) is 58.4 Å². The molecule has 0 aliphatic carbocycles. The van der Waals surface area contributed by atoms with Gasteiger partial charge in [-0.1, -0.05) is 39.3 Å². The van der Waals surface area contributed by atoms with Crippen LogP contribution in [0.15, 0.2) is 48.5 Å². The molecule has 2 aliphatic heterocycles. The van der Waals surface area contributed by atoms with Crippen LogP contribution in [0, 0.1) is 5.92 Å². The third-order valence-electron chi connectivity index (χ3n) is 7.85. The van der Waals surface area contributed by atoms with Crippen LogP contribution >= 0.6 is 12.4 Å². The third-order valence-corrected chi connectivity index (χ3v) is 7.85. The van der Waals surface area contributed by atoms with Gasteiger partial charge < -0.3 is 19.9 Å². The lowest BCUT2D eigenvalue weighted by Gasteiger charge is -2.52. The Morgan fingerprint density at radius 2 is 1.59 bits per heavy atom. The molecule has 0 unspecified atom stereocenters. The molecule has 0 radical (unpaired) electrons. The number of piperidine rings is 1. The maximum Gasteiger partial charge on any atom is 0.246 e. The average Bonchev–Trinajstić information content (AvgIpc) is 2.89. The Hall–Kier alpha value is -2.77. The second-order valence-corrected chi connectivity index (χ2v) is 11.4. The number of ether oxygens (including phenoxy) is 1. The SMILES string of the molecule is CCCCN1C(=O)[C@H](CC(C)C)NC(=O)C12CCN(Cc1ccc(Oc3ccc(N(C)C)cc3)cc1)CC2.Cl. The number of piperazine rings is 1. The largest absolute Gasteiger partial charge is 0.457 e. The van der Waals surface area contributed by atoms with Gasteiger partial charge in [0, 0.05) is 46.0 Å². The standard InChI is InChI=1S/C31H44N4O3.ClH/c1-6-7-18-35-29(36)28(21-23(2)3)32-30(37)31(35)16-19-34(20-17-31)22-24-8-12-26(13-9-24)38-27-14-10-25(11-15-27)33(4)5;/h8-15,23,28H,6-7,16-22H2,1-5H3,(H,32,37);1H/t28-;/m0./s1. The summed E-state index contributed by atoms with van der Waals surface area (Å²) in [6.45, 7) is 9.38. The van der Waals surface area contributed by atoms with E-state index in [0.717, 1.165) is 49.7 Å². The Morgan fingerprint density at radius 1 is 1.00 bits per heavy atom. The maximum absolute atomic E-state index is 13.5. The quantitative estimate of drug-likeness (QED) is 0.420. The lowest BCUT2D eigenvalue weighted by Crippen LogP contribution is -2.73. The number of rotatable bonds is 10. The van der Waals surface area contributed by atoms with E-state index < -0.39 is 11.6 Å². The van der Waals surface area contributed by atoms with Crippen molar-refractivity contribution in [1.82, 2.24) is 15.1 Å². The van der Waals surface area contributed by atoms with E-state index in [1.807, 2.05) is 55.4 Å². The van der Waals surface area contributed by atoms with Crippen molar-refractivity contribution in [2.24, 2.45) is 5.92 Å². The van der Waals surface area contributed by atoms with Crippen molar-refractivity contribution in [1.29, 1.82) is 0 Å². The molecule has 2 saturated heterocycles. The summed E-state index contributed by atoms with van der Waals surface area (Å²) < 4.78 is 6.02. The number of carbonyl (C=O) groups excluding carboxylic acids is 2. The van der Waals surface area contributed by atoms with Crippen LogP contribution < -0.4 is 15.0 Å². The number of hydrogen-bond donors (Lipinski definition) is 1. The molecule has 2 fully saturated rings. The zero-order chi connectivity index (χ0) is 27.3. The number of likely N-dealkylation sites (tertiary alicyclic amines) is 1. The normalized spacial score (nSPS) is 19.1. The predicted octanol–water partition coefficient (Wildman–Crippen LogP) is 5.47. The van der Waals surface area contributed by atoms with E-state index in [-0.39, 0.29) is 24.2 Å². The summed E-state index contributed by atoms with van der Waals surface area (Å²) in [7, 11) is 4.04. The van der Waals surface area contributed by atoms with Crippen LogP contribution in [0.3, 0.4) is 0 Å². The van der Waals surface area contributed by atoms with Crippen LogP contribution in [-0.4, -0.2) is 66.9 Å². The van der Waals surface area contributed by atoms with Gasteiger partial charge in [0.05, 0.1) is 0 Å². The van der Waals surface area contributed by atoms with E-state index >= 15 is 0 Å². The molecule has 2 amide bonds. The molecule has 0 saturated carbocycles. The van der Waals surface area contributed by atoms with Gasteiger partial charge in [0.2, 0.25) is 11.8 Å². The number of nitrogens with zero attached hydrogens (tertiary/aromatic N) is 3. The first-order valence-electron chi connectivity index (χ1n) is 14.1. The van der Waals surface area contributed by atoms with Gasteiger partial charge in [-0.25, -0.2) is 0 Å². The fourth-order valence-electron chi connectivity index (χ4n) is 5.60. The Bertz CT molecular complexity index is 1080. The minimum absolute atomic E-state index is 0. The molecule has 2 heterocycles. The highest BCUT2D eigenvalue weighted by molar-refractivity contribution is 6.00. The van der Waals surface area contributed by atoms with Gasteiger partial charge in [-0.05, 0) is 73.6 Å². The number of halogens is 1. The number of unbranched alkanes of at least 4 members (excludes halogenated alkanes) is 1. The van der Waals surface area contributed by atoms with Crippen molar-refractivity contribution in [3.63, 3.8) is 0 Å². The molecule has 2 aromatic carbocycles. The summed E-state index contributed by atoms with van der Waals surface area (Å²) in [5.41, 5.74) is 1.63. The highest BCUT2D eigenvalue weighted by atomic mass is 35.5. The van der Waals surface area contributed by atoms with Crippen LogP contribution in [0.5, 0.6) is 11.5 Å². The van der Waals surface area contributed by atoms with Gasteiger partial charge >= 0.3 is 0 Å². The lowest BCUT2D eigenvalue weighted by atomic mass is 9.80. The maximum atomic E-state index is 13.5. The molecule has 1 atom stereocenters. The molecular formula is C31H45ClN4O3. The second kappa shape index (κ2) is 13.5. The molecule has 214 valence electrons. The van der Waals surface area contributed by atoms with Crippen molar-refractivity contribution >= 4 is 29.9 Å². The van der Waals surface area contributed by atoms with E-state index in [2.05, 4.69) is 48.0 Å². The number of hydrogen-bond acceptors (Lipinski definition) is 5. The van der Waals surface area contributed by atoms with Crippen LogP contribution in [0.4, 0.5) is 5.69 Å². The monoisotopic (exact) mass is 556 g/mol. The Kier molecular flexibility index (Phi) is 10.7. The Morgan fingerprint density at radius 3 is 2.13 bits per heavy atom. The Balaban J connectivity index is 0.00000420. The number of amides is 2. The van der Waals surface area contributed by atoms with Gasteiger partial charge in [-0.15, -0.1) is 12.4 Å². The van der Waals surface area contributed by atoms with Gasteiger partial charge in [0.25, 0.3) is 0 Å². The summed E-state index contributed by atoms with van der Waals surface area (Å²) in [6.07, 6.45) is 3.97. The average molecular weight is 557 g/mol. The van der Waals surface area contributed by atoms with Crippen LogP contribution in [0.2, 0.25) is 0 Å². The zero-order valence-electron chi connectivity index (χ0n) is 24.1. The fourth-order valence-corrected chi connectivity index (χ4v) is 5.60. The molecule has 2 aromatic rings. The number of carbonyl (C=O) groups is 2. The first-order chi connectivity index (χ1) is 18.2. The van der Waals surface area contributed by atoms with E-state index in [0.29, 0.717) is 31.7 Å². The molecule has 4 rings (SSSR count). The highest BCUT2D eigenvalue weighted by Gasteiger charge is 2.53. The number of benzene rings is 2. The summed E-state index contributed by atoms with van der Waals surface area (Å²) >= 11 is 0. The molecular weight excluding hydrogens is 512 g/mol. The molecule has 39 heavy (non-hydrogen) atoms. The first-order valence-corrected chi connectivity index (χ1v) is 14.1. The summed E-state index contributed by atoms with van der Waals surface area (Å²) in [5.74, 6) is 2.12. The van der Waals surface area contributed by atoms with Gasteiger partial charge in [0.1, 0.15) is 23.1 Å². The van der Waals surface area contributed by atoms with Crippen LogP contribution in [0.25, 0.3) is 0 Å². The van der Waals surface area contributed by atoms with E-state index in [9.17, 15) is 9.59 Å². The van der Waals surface area contributed by atoms with E-state index in [1.54, 1.807) is 0 Å². The molecule has 2 aliphatic rings. The highest BCUT2D eigenvalue weighted by Crippen LogP contribution is 2.35. The van der Waals surface area contributed by atoms with E-state index in [4.69, 9.17) is 4.74 Å². The fraction of sp³-hybridized carbons (Fsp3) is 0.548. The van der Waals surface area contributed by atoms with Gasteiger partial charge in [-0.2, -0.15) is 0 Å². The van der Waals surface area contributed by atoms with Crippen molar-refractivity contribution < 1.29 is 14.3 Å². The van der Waals surface area contributed by atoms with Crippen molar-refractivity contribution in [3.05, 3.63) is 54.1 Å². The first kappa shape index (κ1) is 30.8. The van der Waals surface area contributed by atoms with Gasteiger partial charge in [0.15, 0.2) is 0 Å². The van der Waals surface area contributed by atoms with Gasteiger partial charge in [-0.3, -0.25) is 14.5 Å². The van der Waals surface area contributed by atoms with Crippen molar-refractivity contribution in [3.8, 4) is 11.5 Å². The zero-order valence-corrected chi connectivity index (χ0v) is 24.9. The number of nitrogens with one attached hydrogen (secondary N) is 1. The molecule has 1 spiro atoms. The molecule has 7 nitrogen and oxygen atoms in total. The Labute approximate surface area is 240 Å². The lowest BCUT2D eigenvalue weighted by molar-refractivity contribution is -0.161. The minimum atomic E-state index is -0.712. The molecule has 8 heteroatoms. The smallest absolute Gasteiger partial charge is 0.246 e. The van der Waals surface area contributed by atoms with Crippen LogP contribution in [-0.2, 0) is 16.1 Å². The molecule has 0 bridgehead atoms. The molecule has 1 N–H and O–H groups in total. The predicted molar refractivity (Wildman–Crippen MR) is 160 cm³/mol. The van der Waals surface area contributed by atoms with Crippen molar-refractivity contribution in [2.75, 3.05) is 38.6 Å². The van der Waals surface area contributed by atoms with Crippen molar-refractivity contribution in [2.45, 2.75) is 71.0 Å².